The van der Waals surface area contributed by atoms with E-state index in [9.17, 15) is 0 Å². The molecule has 6 nitrogen and oxygen atoms in total. The number of aryl methyl sites for hydroxylation is 1. The number of hydrogen-bond acceptors (Lipinski definition) is 5. The van der Waals surface area contributed by atoms with Crippen molar-refractivity contribution in [1.82, 2.24) is 20.5 Å². The molecule has 0 radical (unpaired) electrons. The number of rotatable bonds is 7. The van der Waals surface area contributed by atoms with E-state index in [-0.39, 0.29) is 24.0 Å². The summed E-state index contributed by atoms with van der Waals surface area (Å²) >= 11 is 1.72. The summed E-state index contributed by atoms with van der Waals surface area (Å²) in [7, 11) is 3.58. The van der Waals surface area contributed by atoms with Crippen LogP contribution in [0.4, 0.5) is 0 Å². The predicted octanol–water partition coefficient (Wildman–Crippen LogP) is 2.10. The molecular formula is C16H30IN5OS. The highest BCUT2D eigenvalue weighted by Crippen LogP contribution is 2.11. The van der Waals surface area contributed by atoms with Crippen molar-refractivity contribution in [3.8, 4) is 0 Å². The summed E-state index contributed by atoms with van der Waals surface area (Å²) in [6.07, 6.45) is 3.28. The van der Waals surface area contributed by atoms with Gasteiger partial charge in [0.15, 0.2) is 5.96 Å². The Hall–Kier alpha value is -0.450. The molecule has 2 heterocycles. The van der Waals surface area contributed by atoms with Crippen LogP contribution in [0.1, 0.15) is 30.5 Å². The summed E-state index contributed by atoms with van der Waals surface area (Å²) < 4.78 is 5.15. The van der Waals surface area contributed by atoms with Gasteiger partial charge in [-0.2, -0.15) is 0 Å². The molecule has 1 aliphatic heterocycles. The van der Waals surface area contributed by atoms with E-state index in [1.165, 1.54) is 5.01 Å². The fourth-order valence-corrected chi connectivity index (χ4v) is 3.42. The Morgan fingerprint density at radius 1 is 1.46 bits per heavy atom. The second-order valence-corrected chi connectivity index (χ2v) is 6.71. The van der Waals surface area contributed by atoms with Crippen molar-refractivity contribution in [3.63, 3.8) is 0 Å². The maximum atomic E-state index is 5.15. The Balaban J connectivity index is 0.00000288. The van der Waals surface area contributed by atoms with Crippen LogP contribution in [0.3, 0.4) is 0 Å². The third-order valence-corrected chi connectivity index (χ3v) is 5.14. The molecule has 2 rings (SSSR count). The number of piperidine rings is 1. The minimum atomic E-state index is 0. The number of guanidine groups is 1. The summed E-state index contributed by atoms with van der Waals surface area (Å²) in [5.74, 6) is 0.867. The van der Waals surface area contributed by atoms with Crippen LogP contribution in [0.15, 0.2) is 10.4 Å². The highest BCUT2D eigenvalue weighted by Gasteiger charge is 2.19. The zero-order valence-electron chi connectivity index (χ0n) is 14.9. The number of nitrogens with zero attached hydrogens (tertiary/aromatic N) is 3. The Morgan fingerprint density at radius 2 is 2.21 bits per heavy atom. The molecule has 1 aromatic heterocycles. The van der Waals surface area contributed by atoms with Gasteiger partial charge in [0.2, 0.25) is 0 Å². The first kappa shape index (κ1) is 21.6. The van der Waals surface area contributed by atoms with Gasteiger partial charge in [0.05, 0.1) is 23.9 Å². The van der Waals surface area contributed by atoms with E-state index in [4.69, 9.17) is 4.74 Å². The van der Waals surface area contributed by atoms with Crippen molar-refractivity contribution in [2.45, 2.75) is 38.8 Å². The van der Waals surface area contributed by atoms with Crippen molar-refractivity contribution in [2.75, 3.05) is 40.4 Å². The van der Waals surface area contributed by atoms with E-state index < -0.39 is 0 Å². The molecule has 1 aliphatic rings. The van der Waals surface area contributed by atoms with E-state index in [0.29, 0.717) is 6.04 Å². The van der Waals surface area contributed by atoms with Crippen LogP contribution in [0, 0.1) is 0 Å². The number of hydrogen-bond donors (Lipinski definition) is 2. The van der Waals surface area contributed by atoms with E-state index in [0.717, 1.165) is 63.7 Å². The first-order valence-corrected chi connectivity index (χ1v) is 9.24. The number of halogens is 1. The second-order valence-electron chi connectivity index (χ2n) is 5.76. The maximum Gasteiger partial charge on any atom is 0.191 e. The first-order valence-electron chi connectivity index (χ1n) is 8.37. The lowest BCUT2D eigenvalue weighted by Gasteiger charge is -2.32. The minimum Gasteiger partial charge on any atom is -0.383 e. The SMILES string of the molecule is CCc1nc(CNC(=NC)NC2CCN(CCOC)CC2)cs1.I. The van der Waals surface area contributed by atoms with Crippen LogP contribution >= 0.6 is 35.3 Å². The number of thiazole rings is 1. The van der Waals surface area contributed by atoms with Crippen LogP contribution < -0.4 is 10.6 Å². The van der Waals surface area contributed by atoms with Gasteiger partial charge < -0.3 is 20.3 Å². The van der Waals surface area contributed by atoms with Crippen molar-refractivity contribution in [3.05, 3.63) is 16.1 Å². The standard InChI is InChI=1S/C16H29N5OS.HI/c1-4-15-19-14(12-23-15)11-18-16(17-2)20-13-5-7-21(8-6-13)9-10-22-3;/h12-13H,4-11H2,1-3H3,(H2,17,18,20);1H. The van der Waals surface area contributed by atoms with E-state index >= 15 is 0 Å². The molecule has 0 bridgehead atoms. The van der Waals surface area contributed by atoms with E-state index in [1.54, 1.807) is 18.4 Å². The lowest BCUT2D eigenvalue weighted by molar-refractivity contribution is 0.128. The highest BCUT2D eigenvalue weighted by molar-refractivity contribution is 14.0. The summed E-state index contributed by atoms with van der Waals surface area (Å²) in [5.41, 5.74) is 1.09. The number of ether oxygens (including phenoxy) is 1. The van der Waals surface area contributed by atoms with Crippen molar-refractivity contribution >= 4 is 41.3 Å². The van der Waals surface area contributed by atoms with Crippen molar-refractivity contribution in [2.24, 2.45) is 4.99 Å². The average Bonchev–Trinajstić information content (AvgIpc) is 3.06. The normalized spacial score (nSPS) is 16.7. The maximum absolute atomic E-state index is 5.15. The molecule has 1 aromatic rings. The Bertz CT molecular complexity index is 489. The number of methoxy groups -OCH3 is 1. The van der Waals surface area contributed by atoms with Crippen LogP contribution in [0.25, 0.3) is 0 Å². The number of likely N-dealkylation sites (tertiary alicyclic amines) is 1. The zero-order chi connectivity index (χ0) is 16.5. The van der Waals surface area contributed by atoms with E-state index in [1.807, 2.05) is 7.05 Å². The molecule has 0 atom stereocenters. The van der Waals surface area contributed by atoms with E-state index in [2.05, 4.69) is 37.8 Å². The lowest BCUT2D eigenvalue weighted by Crippen LogP contribution is -2.48. The summed E-state index contributed by atoms with van der Waals surface area (Å²) in [4.78, 5) is 11.4. The number of aromatic nitrogens is 1. The molecule has 0 saturated carbocycles. The molecule has 1 saturated heterocycles. The van der Waals surface area contributed by atoms with Crippen LogP contribution in [-0.2, 0) is 17.7 Å². The third kappa shape index (κ3) is 7.20. The fourth-order valence-electron chi connectivity index (χ4n) is 2.68. The number of aliphatic imine (C=N–C) groups is 1. The third-order valence-electron chi connectivity index (χ3n) is 4.10. The van der Waals surface area contributed by atoms with Crippen LogP contribution in [0.2, 0.25) is 0 Å². The van der Waals surface area contributed by atoms with Gasteiger partial charge in [-0.3, -0.25) is 4.99 Å². The van der Waals surface area contributed by atoms with Crippen molar-refractivity contribution in [1.29, 1.82) is 0 Å². The largest absolute Gasteiger partial charge is 0.383 e. The Morgan fingerprint density at radius 3 is 2.79 bits per heavy atom. The Labute approximate surface area is 166 Å². The molecule has 24 heavy (non-hydrogen) atoms. The first-order chi connectivity index (χ1) is 11.2. The van der Waals surface area contributed by atoms with Gasteiger partial charge in [-0.25, -0.2) is 4.98 Å². The van der Waals surface area contributed by atoms with Gasteiger partial charge in [-0.15, -0.1) is 35.3 Å². The summed E-state index contributed by atoms with van der Waals surface area (Å²) in [5, 5.41) is 10.2. The predicted molar refractivity (Wildman–Crippen MR) is 112 cm³/mol. The fraction of sp³-hybridized carbons (Fsp3) is 0.750. The quantitative estimate of drug-likeness (QED) is 0.366. The zero-order valence-corrected chi connectivity index (χ0v) is 18.0. The summed E-state index contributed by atoms with van der Waals surface area (Å²) in [6, 6.07) is 0.488. The molecule has 0 amide bonds. The molecule has 0 spiro atoms. The van der Waals surface area contributed by atoms with Crippen LogP contribution in [-0.4, -0.2) is 62.3 Å². The second kappa shape index (κ2) is 12.0. The van der Waals surface area contributed by atoms with Crippen LogP contribution in [0.5, 0.6) is 0 Å². The average molecular weight is 467 g/mol. The Kier molecular flexibility index (Phi) is 10.8. The van der Waals surface area contributed by atoms with Gasteiger partial charge in [-0.05, 0) is 19.3 Å². The summed E-state index contributed by atoms with van der Waals surface area (Å²) in [6.45, 7) is 6.93. The van der Waals surface area contributed by atoms with Crippen molar-refractivity contribution < 1.29 is 4.74 Å². The van der Waals surface area contributed by atoms with Gasteiger partial charge in [0.1, 0.15) is 0 Å². The monoisotopic (exact) mass is 467 g/mol. The molecule has 138 valence electrons. The molecule has 0 unspecified atom stereocenters. The minimum absolute atomic E-state index is 0. The number of nitrogens with one attached hydrogen (secondary N) is 2. The van der Waals surface area contributed by atoms with Gasteiger partial charge in [-0.1, -0.05) is 6.92 Å². The van der Waals surface area contributed by atoms with Gasteiger partial charge >= 0.3 is 0 Å². The topological polar surface area (TPSA) is 61.8 Å². The lowest BCUT2D eigenvalue weighted by atomic mass is 10.1. The molecule has 2 N–H and O–H groups in total. The molecule has 8 heteroatoms. The van der Waals surface area contributed by atoms with Gasteiger partial charge in [0.25, 0.3) is 0 Å². The highest BCUT2D eigenvalue weighted by atomic mass is 127. The molecule has 0 aliphatic carbocycles. The van der Waals surface area contributed by atoms with Gasteiger partial charge in [0, 0.05) is 45.2 Å². The smallest absolute Gasteiger partial charge is 0.191 e. The molecule has 1 fully saturated rings. The molecule has 0 aromatic carbocycles. The molecular weight excluding hydrogens is 437 g/mol.